The number of benzene rings is 3. The molecule has 5 atom stereocenters. The zero-order chi connectivity index (χ0) is 47.9. The van der Waals surface area contributed by atoms with Crippen molar-refractivity contribution in [3.8, 4) is 5.75 Å². The number of aldehydes is 1. The van der Waals surface area contributed by atoms with E-state index in [0.29, 0.717) is 75.9 Å². The molecule has 13 nitrogen and oxygen atoms in total. The molecule has 2 aliphatic heterocycles. The molecule has 0 unspecified atom stereocenters. The van der Waals surface area contributed by atoms with E-state index in [1.165, 1.54) is 0 Å². The van der Waals surface area contributed by atoms with Crippen LogP contribution in [-0.2, 0) is 57.6 Å². The van der Waals surface area contributed by atoms with Crippen LogP contribution in [0.25, 0.3) is 0 Å². The molecular weight excluding hydrogens is 839 g/mol. The van der Waals surface area contributed by atoms with Crippen molar-refractivity contribution in [2.45, 2.75) is 117 Å². The number of nitrogens with zero attached hydrogens (tertiary/aromatic N) is 1. The Morgan fingerprint density at radius 1 is 0.773 bits per heavy atom. The maximum Gasteiger partial charge on any atom is 0.310 e. The molecule has 0 radical (unpaired) electrons. The van der Waals surface area contributed by atoms with Gasteiger partial charge in [0.1, 0.15) is 37.5 Å². The van der Waals surface area contributed by atoms with Gasteiger partial charge in [-0.05, 0) is 80.2 Å². The Bertz CT molecular complexity index is 2130. The Balaban J connectivity index is 1.36. The van der Waals surface area contributed by atoms with Crippen LogP contribution in [0.2, 0.25) is 0 Å². The number of quaternary nitrogens is 1. The monoisotopic (exact) mass is 909 g/mol. The number of epoxide rings is 1. The SMILES string of the molecule is CCC(=O)Oc1ccc(C[N+]2(CC(=O)C[C@@H](CCc3ccccc3)C(=O)N[C@@H](CC(C)C)C(=O)C[C@@H](Cc3ccccc3)C(=O)N[C@@H](CC(C)C)C(=O)[C@@]3(C)CO3)CCOCC2)cc1C=O. The molecule has 356 valence electrons. The first-order valence-corrected chi connectivity index (χ1v) is 23.6. The predicted molar refractivity (Wildman–Crippen MR) is 250 cm³/mol. The van der Waals surface area contributed by atoms with Crippen molar-refractivity contribution in [1.82, 2.24) is 10.6 Å². The van der Waals surface area contributed by atoms with Gasteiger partial charge in [0.05, 0.1) is 37.5 Å². The molecular formula is C53H70N3O10+. The van der Waals surface area contributed by atoms with Crippen molar-refractivity contribution < 1.29 is 52.3 Å². The number of morpholine rings is 1. The third kappa shape index (κ3) is 15.6. The Hall–Kier alpha value is -5.37. The highest BCUT2D eigenvalue weighted by atomic mass is 16.6. The summed E-state index contributed by atoms with van der Waals surface area (Å²) in [6, 6.07) is 22.6. The minimum Gasteiger partial charge on any atom is -0.426 e. The molecule has 2 N–H and O–H groups in total. The summed E-state index contributed by atoms with van der Waals surface area (Å²) >= 11 is 0. The number of carbonyl (C=O) groups excluding carboxylic acids is 7. The molecule has 0 spiro atoms. The van der Waals surface area contributed by atoms with Crippen molar-refractivity contribution in [3.05, 3.63) is 101 Å². The third-order valence-corrected chi connectivity index (χ3v) is 12.6. The molecule has 3 aromatic rings. The van der Waals surface area contributed by atoms with Crippen LogP contribution in [0, 0.1) is 23.7 Å². The first-order valence-electron chi connectivity index (χ1n) is 23.6. The molecule has 2 fully saturated rings. The quantitative estimate of drug-likeness (QED) is 0.0279. The summed E-state index contributed by atoms with van der Waals surface area (Å²) in [5, 5.41) is 6.06. The van der Waals surface area contributed by atoms with Gasteiger partial charge in [0.25, 0.3) is 0 Å². The highest BCUT2D eigenvalue weighted by Gasteiger charge is 2.50. The highest BCUT2D eigenvalue weighted by Crippen LogP contribution is 2.30. The zero-order valence-corrected chi connectivity index (χ0v) is 39.7. The number of rotatable bonds is 27. The van der Waals surface area contributed by atoms with Gasteiger partial charge in [0.2, 0.25) is 11.8 Å². The maximum atomic E-state index is 14.6. The van der Waals surface area contributed by atoms with Gasteiger partial charge < -0.3 is 29.3 Å². The molecule has 0 bridgehead atoms. The first kappa shape index (κ1) is 51.6. The van der Waals surface area contributed by atoms with E-state index in [1.807, 2.05) is 88.4 Å². The van der Waals surface area contributed by atoms with Crippen LogP contribution in [0.15, 0.2) is 78.9 Å². The summed E-state index contributed by atoms with van der Waals surface area (Å²) in [6.45, 7) is 14.1. The zero-order valence-electron chi connectivity index (χ0n) is 39.7. The van der Waals surface area contributed by atoms with Crippen LogP contribution < -0.4 is 15.4 Å². The number of amides is 2. The van der Waals surface area contributed by atoms with Crippen LogP contribution >= 0.6 is 0 Å². The standard InChI is InChI=1S/C53H69N3O10/c1-7-49(60)66-48-21-19-40(29-43(48)34-57)32-56(22-24-64-25-23-56)33-44(58)30-41(20-18-38-14-10-8-11-15-38)51(62)54-45(26-36(2)3)47(59)31-42(28-39-16-12-9-13-17-39)52(63)55-46(27-37(4)5)50(61)53(6)35-65-53/h8-17,19,21,29,34,36-37,41-42,45-46H,7,18,20,22-28,30-33,35H2,1-6H3,(H-,54,55,62,63)/p+1/t41-,42-,45+,46+,53-/m1/s1. The van der Waals surface area contributed by atoms with Crippen LogP contribution in [0.1, 0.15) is 107 Å². The lowest BCUT2D eigenvalue weighted by atomic mass is 9.87. The number of hydrogen-bond donors (Lipinski definition) is 2. The van der Waals surface area contributed by atoms with Crippen molar-refractivity contribution in [2.24, 2.45) is 23.7 Å². The van der Waals surface area contributed by atoms with Crippen LogP contribution in [0.5, 0.6) is 5.75 Å². The topological polar surface area (TPSA) is 175 Å². The van der Waals surface area contributed by atoms with Crippen molar-refractivity contribution in [3.63, 3.8) is 0 Å². The van der Waals surface area contributed by atoms with Gasteiger partial charge in [-0.2, -0.15) is 0 Å². The number of ketones is 3. The van der Waals surface area contributed by atoms with Gasteiger partial charge in [-0.25, -0.2) is 0 Å². The molecule has 3 aromatic carbocycles. The number of esters is 1. The number of Topliss-reactive ketones (excluding diaryl/α,β-unsaturated/α-hetero) is 3. The molecule has 0 aliphatic carbocycles. The number of ether oxygens (including phenoxy) is 3. The smallest absolute Gasteiger partial charge is 0.310 e. The molecule has 2 amide bonds. The lowest BCUT2D eigenvalue weighted by Crippen LogP contribution is -2.57. The fraction of sp³-hybridized carbons (Fsp3) is 0.528. The van der Waals surface area contributed by atoms with Gasteiger partial charge in [-0.3, -0.25) is 33.6 Å². The van der Waals surface area contributed by atoms with E-state index < -0.39 is 47.3 Å². The molecule has 13 heteroatoms. The molecule has 2 aliphatic rings. The summed E-state index contributed by atoms with van der Waals surface area (Å²) in [6.07, 6.45) is 2.49. The normalized spacial score (nSPS) is 18.4. The van der Waals surface area contributed by atoms with Gasteiger partial charge in [-0.15, -0.1) is 0 Å². The van der Waals surface area contributed by atoms with E-state index in [4.69, 9.17) is 14.2 Å². The number of nitrogens with one attached hydrogen (secondary N) is 2. The lowest BCUT2D eigenvalue weighted by Gasteiger charge is -2.41. The number of carbonyl (C=O) groups is 7. The van der Waals surface area contributed by atoms with Gasteiger partial charge >= 0.3 is 5.97 Å². The minimum atomic E-state index is -0.937. The van der Waals surface area contributed by atoms with Crippen molar-refractivity contribution in [1.29, 1.82) is 0 Å². The summed E-state index contributed by atoms with van der Waals surface area (Å²) in [5.74, 6) is -3.13. The van der Waals surface area contributed by atoms with Gasteiger partial charge in [0, 0.05) is 36.7 Å². The molecule has 5 rings (SSSR count). The second-order valence-electron chi connectivity index (χ2n) is 19.3. The Kier molecular flexibility index (Phi) is 19.1. The molecule has 0 aromatic heterocycles. The average Bonchev–Trinajstić information content (AvgIpc) is 4.05. The lowest BCUT2D eigenvalue weighted by molar-refractivity contribution is -0.940. The number of hydrogen-bond acceptors (Lipinski definition) is 10. The van der Waals surface area contributed by atoms with E-state index >= 15 is 0 Å². The van der Waals surface area contributed by atoms with E-state index in [-0.39, 0.29) is 72.7 Å². The van der Waals surface area contributed by atoms with E-state index in [0.717, 1.165) is 16.7 Å². The van der Waals surface area contributed by atoms with Gasteiger partial charge in [-0.1, -0.05) is 95.3 Å². The highest BCUT2D eigenvalue weighted by molar-refractivity contribution is 5.98. The molecule has 66 heavy (non-hydrogen) atoms. The second-order valence-corrected chi connectivity index (χ2v) is 19.3. The summed E-state index contributed by atoms with van der Waals surface area (Å²) in [4.78, 5) is 95.2. The second kappa shape index (κ2) is 24.4. The first-order chi connectivity index (χ1) is 31.5. The molecule has 2 saturated heterocycles. The van der Waals surface area contributed by atoms with Crippen LogP contribution in [-0.4, -0.2) is 103 Å². The van der Waals surface area contributed by atoms with E-state index in [2.05, 4.69) is 10.6 Å². The predicted octanol–water partition coefficient (Wildman–Crippen LogP) is 6.61. The minimum absolute atomic E-state index is 0.00977. The fourth-order valence-electron chi connectivity index (χ4n) is 8.78. The Morgan fingerprint density at radius 2 is 1.36 bits per heavy atom. The summed E-state index contributed by atoms with van der Waals surface area (Å²) in [5.41, 5.74) is 1.97. The largest absolute Gasteiger partial charge is 0.426 e. The number of aryl methyl sites for hydroxylation is 1. The Morgan fingerprint density at radius 3 is 1.95 bits per heavy atom. The summed E-state index contributed by atoms with van der Waals surface area (Å²) in [7, 11) is 0. The van der Waals surface area contributed by atoms with Crippen molar-refractivity contribution >= 4 is 41.4 Å². The Labute approximate surface area is 390 Å². The third-order valence-electron chi connectivity index (χ3n) is 12.6. The average molecular weight is 909 g/mol. The van der Waals surface area contributed by atoms with Gasteiger partial charge in [0.15, 0.2) is 23.6 Å². The van der Waals surface area contributed by atoms with E-state index in [9.17, 15) is 33.6 Å². The fourth-order valence-corrected chi connectivity index (χ4v) is 8.78. The summed E-state index contributed by atoms with van der Waals surface area (Å²) < 4.78 is 16.9. The molecule has 0 saturated carbocycles. The van der Waals surface area contributed by atoms with Crippen molar-refractivity contribution in [2.75, 3.05) is 39.5 Å². The maximum absolute atomic E-state index is 14.6. The molecule has 2 heterocycles. The van der Waals surface area contributed by atoms with E-state index in [1.54, 1.807) is 32.0 Å². The van der Waals surface area contributed by atoms with Crippen LogP contribution in [0.4, 0.5) is 0 Å². The van der Waals surface area contributed by atoms with Crippen LogP contribution in [0.3, 0.4) is 0 Å².